The Balaban J connectivity index is 1.75. The normalized spacial score (nSPS) is 23.4. The van der Waals surface area contributed by atoms with Crippen molar-refractivity contribution in [2.45, 2.75) is 44.0 Å². The zero-order chi connectivity index (χ0) is 18.2. The van der Waals surface area contributed by atoms with Gasteiger partial charge in [-0.2, -0.15) is 0 Å². The Morgan fingerprint density at radius 1 is 1.24 bits per heavy atom. The summed E-state index contributed by atoms with van der Waals surface area (Å²) in [6.07, 6.45) is 8.40. The predicted octanol–water partition coefficient (Wildman–Crippen LogP) is 3.91. The van der Waals surface area contributed by atoms with Gasteiger partial charge in [0.25, 0.3) is 5.91 Å². The summed E-state index contributed by atoms with van der Waals surface area (Å²) in [6, 6.07) is 8.05. The van der Waals surface area contributed by atoms with E-state index in [1.807, 2.05) is 30.5 Å². The number of hydrogen-bond donors (Lipinski definition) is 1. The fourth-order valence-electron chi connectivity index (χ4n) is 3.10. The highest BCUT2D eigenvalue weighted by atomic mass is 32.2. The van der Waals surface area contributed by atoms with Crippen molar-refractivity contribution in [2.24, 2.45) is 11.8 Å². The van der Waals surface area contributed by atoms with Crippen molar-refractivity contribution in [3.8, 4) is 0 Å². The minimum atomic E-state index is -0.505. The number of amides is 1. The molecule has 5 heteroatoms. The van der Waals surface area contributed by atoms with Crippen LogP contribution < -0.4 is 5.32 Å². The maximum atomic E-state index is 12.0. The Kier molecular flexibility index (Phi) is 7.56. The lowest BCUT2D eigenvalue weighted by Gasteiger charge is -2.34. The van der Waals surface area contributed by atoms with Gasteiger partial charge in [0, 0.05) is 17.0 Å². The number of benzene rings is 1. The molecule has 1 amide bonds. The highest BCUT2D eigenvalue weighted by molar-refractivity contribution is 7.98. The molecule has 1 aromatic rings. The first kappa shape index (κ1) is 19.6. The van der Waals surface area contributed by atoms with E-state index in [0.717, 1.165) is 18.4 Å². The molecule has 4 nitrogen and oxygen atoms in total. The lowest BCUT2D eigenvalue weighted by atomic mass is 9.78. The van der Waals surface area contributed by atoms with E-state index >= 15 is 0 Å². The zero-order valence-electron chi connectivity index (χ0n) is 15.2. The van der Waals surface area contributed by atoms with Gasteiger partial charge >= 0.3 is 5.97 Å². The van der Waals surface area contributed by atoms with Crippen molar-refractivity contribution in [2.75, 3.05) is 12.9 Å². The third-order valence-electron chi connectivity index (χ3n) is 4.93. The molecule has 1 saturated carbocycles. The van der Waals surface area contributed by atoms with Crippen molar-refractivity contribution in [1.82, 2.24) is 5.32 Å². The molecular formula is C20H27NO3S. The summed E-state index contributed by atoms with van der Waals surface area (Å²) in [5.74, 6) is 0.339. The SMILES string of the molecule is CSc1ccc(C=CC(=O)OCC(=O)NC2CCCC(C)C2C)cc1. The molecular weight excluding hydrogens is 334 g/mol. The number of hydrogen-bond acceptors (Lipinski definition) is 4. The number of esters is 1. The summed E-state index contributed by atoms with van der Waals surface area (Å²) in [7, 11) is 0. The number of carbonyl (C=O) groups excluding carboxylic acids is 2. The van der Waals surface area contributed by atoms with Gasteiger partial charge in [0.1, 0.15) is 0 Å². The molecule has 136 valence electrons. The van der Waals surface area contributed by atoms with E-state index in [-0.39, 0.29) is 18.6 Å². The molecule has 0 saturated heterocycles. The first-order chi connectivity index (χ1) is 12.0. The van der Waals surface area contributed by atoms with Crippen LogP contribution in [-0.4, -0.2) is 30.8 Å². The monoisotopic (exact) mass is 361 g/mol. The summed E-state index contributed by atoms with van der Waals surface area (Å²) >= 11 is 1.67. The van der Waals surface area contributed by atoms with Gasteiger partial charge in [0.05, 0.1) is 0 Å². The Hall–Kier alpha value is -1.75. The van der Waals surface area contributed by atoms with Crippen molar-refractivity contribution in [3.63, 3.8) is 0 Å². The van der Waals surface area contributed by atoms with Crippen LogP contribution in [0.15, 0.2) is 35.2 Å². The molecule has 3 atom stereocenters. The van der Waals surface area contributed by atoms with Crippen LogP contribution in [0.5, 0.6) is 0 Å². The van der Waals surface area contributed by atoms with Crippen molar-refractivity contribution in [3.05, 3.63) is 35.9 Å². The molecule has 25 heavy (non-hydrogen) atoms. The fraction of sp³-hybridized carbons (Fsp3) is 0.500. The average Bonchev–Trinajstić information content (AvgIpc) is 2.62. The van der Waals surface area contributed by atoms with E-state index in [2.05, 4.69) is 19.2 Å². The van der Waals surface area contributed by atoms with Gasteiger partial charge < -0.3 is 10.1 Å². The number of thioether (sulfide) groups is 1. The molecule has 0 radical (unpaired) electrons. The number of nitrogens with one attached hydrogen (secondary N) is 1. The van der Waals surface area contributed by atoms with Gasteiger partial charge in [-0.1, -0.05) is 38.8 Å². The second-order valence-electron chi connectivity index (χ2n) is 6.66. The van der Waals surface area contributed by atoms with Gasteiger partial charge in [-0.25, -0.2) is 4.79 Å². The minimum absolute atomic E-state index is 0.181. The third kappa shape index (κ3) is 6.24. The van der Waals surface area contributed by atoms with Crippen LogP contribution in [0, 0.1) is 11.8 Å². The van der Waals surface area contributed by atoms with E-state index in [9.17, 15) is 9.59 Å². The molecule has 1 fully saturated rings. The Morgan fingerprint density at radius 2 is 1.96 bits per heavy atom. The van der Waals surface area contributed by atoms with E-state index in [1.54, 1.807) is 17.8 Å². The predicted molar refractivity (Wildman–Crippen MR) is 102 cm³/mol. The molecule has 0 heterocycles. The Morgan fingerprint density at radius 3 is 2.64 bits per heavy atom. The topological polar surface area (TPSA) is 55.4 Å². The van der Waals surface area contributed by atoms with E-state index in [0.29, 0.717) is 11.8 Å². The highest BCUT2D eigenvalue weighted by Gasteiger charge is 2.28. The summed E-state index contributed by atoms with van der Waals surface area (Å²) in [6.45, 7) is 4.16. The molecule has 2 rings (SSSR count). The summed E-state index contributed by atoms with van der Waals surface area (Å²) < 4.78 is 5.03. The van der Waals surface area contributed by atoms with Crippen molar-refractivity contribution in [1.29, 1.82) is 0 Å². The van der Waals surface area contributed by atoms with Gasteiger partial charge in [-0.15, -0.1) is 11.8 Å². The summed E-state index contributed by atoms with van der Waals surface area (Å²) in [5.41, 5.74) is 0.921. The van der Waals surface area contributed by atoms with E-state index in [1.165, 1.54) is 17.4 Å². The van der Waals surface area contributed by atoms with Crippen molar-refractivity contribution >= 4 is 29.7 Å². The fourth-order valence-corrected chi connectivity index (χ4v) is 3.51. The van der Waals surface area contributed by atoms with E-state index in [4.69, 9.17) is 4.74 Å². The van der Waals surface area contributed by atoms with Crippen LogP contribution in [0.4, 0.5) is 0 Å². The maximum absolute atomic E-state index is 12.0. The second kappa shape index (κ2) is 9.66. The van der Waals surface area contributed by atoms with Crippen LogP contribution in [0.2, 0.25) is 0 Å². The van der Waals surface area contributed by atoms with Gasteiger partial charge in [0.2, 0.25) is 0 Å². The van der Waals surface area contributed by atoms with Crippen LogP contribution in [0.3, 0.4) is 0 Å². The summed E-state index contributed by atoms with van der Waals surface area (Å²) in [4.78, 5) is 24.9. The number of rotatable bonds is 6. The van der Waals surface area contributed by atoms with Gasteiger partial charge in [0.15, 0.2) is 6.61 Å². The third-order valence-corrected chi connectivity index (χ3v) is 5.67. The largest absolute Gasteiger partial charge is 0.452 e. The standard InChI is InChI=1S/C20H27NO3S/c1-14-5-4-6-18(15(14)2)21-19(22)13-24-20(23)12-9-16-7-10-17(25-3)11-8-16/h7-12,14-15,18H,4-6,13H2,1-3H3,(H,21,22). The van der Waals surface area contributed by atoms with Crippen molar-refractivity contribution < 1.29 is 14.3 Å². The Bertz CT molecular complexity index is 612. The van der Waals surface area contributed by atoms with Crippen LogP contribution in [0.1, 0.15) is 38.7 Å². The van der Waals surface area contributed by atoms with Crippen LogP contribution >= 0.6 is 11.8 Å². The number of carbonyl (C=O) groups is 2. The van der Waals surface area contributed by atoms with E-state index < -0.39 is 5.97 Å². The number of ether oxygens (including phenoxy) is 1. The quantitative estimate of drug-likeness (QED) is 0.474. The first-order valence-corrected chi connectivity index (χ1v) is 10.0. The molecule has 1 N–H and O–H groups in total. The van der Waals surface area contributed by atoms with Gasteiger partial charge in [-0.3, -0.25) is 4.79 Å². The summed E-state index contributed by atoms with van der Waals surface area (Å²) in [5, 5.41) is 3.00. The molecule has 0 aliphatic heterocycles. The maximum Gasteiger partial charge on any atom is 0.331 e. The molecule has 1 aliphatic carbocycles. The van der Waals surface area contributed by atoms with Crippen LogP contribution in [-0.2, 0) is 14.3 Å². The molecule has 0 bridgehead atoms. The molecule has 1 aromatic carbocycles. The van der Waals surface area contributed by atoms with Crippen LogP contribution in [0.25, 0.3) is 6.08 Å². The zero-order valence-corrected chi connectivity index (χ0v) is 16.0. The lowest BCUT2D eigenvalue weighted by Crippen LogP contribution is -2.45. The molecule has 1 aliphatic rings. The molecule has 0 spiro atoms. The van der Waals surface area contributed by atoms with Gasteiger partial charge in [-0.05, 0) is 48.3 Å². The smallest absolute Gasteiger partial charge is 0.331 e. The highest BCUT2D eigenvalue weighted by Crippen LogP contribution is 2.29. The first-order valence-electron chi connectivity index (χ1n) is 8.78. The molecule has 3 unspecified atom stereocenters. The minimum Gasteiger partial charge on any atom is -0.452 e. The lowest BCUT2D eigenvalue weighted by molar-refractivity contribution is -0.144. The molecule has 0 aromatic heterocycles. The average molecular weight is 362 g/mol. The second-order valence-corrected chi connectivity index (χ2v) is 7.54. The Labute approximate surface area is 154 Å².